The van der Waals surface area contributed by atoms with Crippen LogP contribution in [0.1, 0.15) is 23.6 Å². The van der Waals surface area contributed by atoms with Crippen molar-refractivity contribution in [1.29, 1.82) is 0 Å². The lowest BCUT2D eigenvalue weighted by Crippen LogP contribution is -2.33. The third kappa shape index (κ3) is 6.52. The molecule has 2 N–H and O–H groups in total. The number of alkyl halides is 3. The standard InChI is InChI=1S/C28H22F3N3O3/c1-18(33-34-27(36)26(35)32-23-10-5-9-22(16-23)28(29,30)31)19-12-14-24(15-13-19)37-17-21-8-4-7-20-6-2-3-11-25(20)21/h2-16H,17H2,1H3,(H,32,35)(H,34,36)/b33-18+. The number of hydrogen-bond acceptors (Lipinski definition) is 4. The fourth-order valence-corrected chi connectivity index (χ4v) is 3.58. The predicted molar refractivity (Wildman–Crippen MR) is 135 cm³/mol. The molecular weight excluding hydrogens is 483 g/mol. The summed E-state index contributed by atoms with van der Waals surface area (Å²) in [6.45, 7) is 2.03. The quantitative estimate of drug-likeness (QED) is 0.194. The molecular formula is C28H22F3N3O3. The van der Waals surface area contributed by atoms with Crippen LogP contribution in [0.15, 0.2) is 96.1 Å². The summed E-state index contributed by atoms with van der Waals surface area (Å²) in [4.78, 5) is 24.1. The average molecular weight is 505 g/mol. The van der Waals surface area contributed by atoms with Crippen molar-refractivity contribution in [3.8, 4) is 5.75 Å². The summed E-state index contributed by atoms with van der Waals surface area (Å²) >= 11 is 0. The number of anilines is 1. The van der Waals surface area contributed by atoms with Crippen LogP contribution in [0.4, 0.5) is 18.9 Å². The maximum Gasteiger partial charge on any atom is 0.416 e. The number of benzene rings is 4. The van der Waals surface area contributed by atoms with Gasteiger partial charge in [-0.3, -0.25) is 9.59 Å². The van der Waals surface area contributed by atoms with Crippen molar-refractivity contribution < 1.29 is 27.5 Å². The molecule has 0 heterocycles. The fourth-order valence-electron chi connectivity index (χ4n) is 3.58. The molecule has 6 nitrogen and oxygen atoms in total. The molecule has 188 valence electrons. The van der Waals surface area contributed by atoms with E-state index in [4.69, 9.17) is 4.74 Å². The minimum Gasteiger partial charge on any atom is -0.489 e. The van der Waals surface area contributed by atoms with Crippen molar-refractivity contribution in [2.24, 2.45) is 5.10 Å². The number of carbonyl (C=O) groups is 2. The number of ether oxygens (including phenoxy) is 1. The highest BCUT2D eigenvalue weighted by Gasteiger charge is 2.30. The highest BCUT2D eigenvalue weighted by molar-refractivity contribution is 6.39. The first-order valence-corrected chi connectivity index (χ1v) is 11.2. The van der Waals surface area contributed by atoms with E-state index in [1.165, 1.54) is 6.07 Å². The average Bonchev–Trinajstić information content (AvgIpc) is 2.90. The zero-order valence-electron chi connectivity index (χ0n) is 19.7. The number of fused-ring (bicyclic) bond motifs is 1. The van der Waals surface area contributed by atoms with E-state index in [2.05, 4.69) is 15.8 Å². The lowest BCUT2D eigenvalue weighted by molar-refractivity contribution is -0.137. The molecule has 0 spiro atoms. The van der Waals surface area contributed by atoms with E-state index in [-0.39, 0.29) is 5.69 Å². The Morgan fingerprint density at radius 3 is 2.32 bits per heavy atom. The molecule has 2 amide bonds. The van der Waals surface area contributed by atoms with E-state index in [1.807, 2.05) is 42.5 Å². The van der Waals surface area contributed by atoms with E-state index < -0.39 is 23.6 Å². The normalized spacial score (nSPS) is 11.7. The molecule has 0 fully saturated rings. The van der Waals surface area contributed by atoms with Gasteiger partial charge in [-0.05, 0) is 71.3 Å². The number of nitrogens with one attached hydrogen (secondary N) is 2. The molecule has 0 aliphatic rings. The van der Waals surface area contributed by atoms with Gasteiger partial charge in [-0.25, -0.2) is 5.43 Å². The molecule has 37 heavy (non-hydrogen) atoms. The molecule has 0 aliphatic heterocycles. The van der Waals surface area contributed by atoms with E-state index in [1.54, 1.807) is 31.2 Å². The van der Waals surface area contributed by atoms with Crippen LogP contribution in [-0.2, 0) is 22.4 Å². The SMILES string of the molecule is C/C(=N\NC(=O)C(=O)Nc1cccc(C(F)(F)F)c1)c1ccc(OCc2cccc3ccccc23)cc1. The van der Waals surface area contributed by atoms with Crippen LogP contribution in [0.25, 0.3) is 10.8 Å². The van der Waals surface area contributed by atoms with E-state index >= 15 is 0 Å². The van der Waals surface area contributed by atoms with E-state index in [0.717, 1.165) is 34.5 Å². The number of hydrazone groups is 1. The Balaban J connectivity index is 1.33. The molecule has 0 aromatic heterocycles. The smallest absolute Gasteiger partial charge is 0.416 e. The Morgan fingerprint density at radius 1 is 0.865 bits per heavy atom. The van der Waals surface area contributed by atoms with Crippen LogP contribution in [-0.4, -0.2) is 17.5 Å². The van der Waals surface area contributed by atoms with Crippen LogP contribution in [0.2, 0.25) is 0 Å². The first kappa shape index (κ1) is 25.4. The molecule has 0 unspecified atom stereocenters. The second-order valence-corrected chi connectivity index (χ2v) is 8.12. The Hall–Kier alpha value is -4.66. The first-order valence-electron chi connectivity index (χ1n) is 11.2. The molecule has 0 bridgehead atoms. The van der Waals surface area contributed by atoms with Gasteiger partial charge >= 0.3 is 18.0 Å². The van der Waals surface area contributed by atoms with Crippen LogP contribution in [0, 0.1) is 0 Å². The minimum atomic E-state index is -4.57. The van der Waals surface area contributed by atoms with Crippen molar-refractivity contribution in [2.75, 3.05) is 5.32 Å². The van der Waals surface area contributed by atoms with Gasteiger partial charge in [0.15, 0.2) is 0 Å². The van der Waals surface area contributed by atoms with Crippen molar-refractivity contribution >= 4 is 34.0 Å². The van der Waals surface area contributed by atoms with Crippen LogP contribution < -0.4 is 15.5 Å². The van der Waals surface area contributed by atoms with Crippen molar-refractivity contribution in [2.45, 2.75) is 19.7 Å². The summed E-state index contributed by atoms with van der Waals surface area (Å²) in [5, 5.41) is 8.29. The lowest BCUT2D eigenvalue weighted by Gasteiger charge is -2.10. The summed E-state index contributed by atoms with van der Waals surface area (Å²) in [6.07, 6.45) is -4.57. The van der Waals surface area contributed by atoms with Gasteiger partial charge in [0.05, 0.1) is 11.3 Å². The Morgan fingerprint density at radius 2 is 1.57 bits per heavy atom. The molecule has 0 atom stereocenters. The summed E-state index contributed by atoms with van der Waals surface area (Å²) in [5.74, 6) is -1.62. The number of halogens is 3. The Labute approximate surface area is 210 Å². The summed E-state index contributed by atoms with van der Waals surface area (Å²) in [6, 6.07) is 25.1. The highest BCUT2D eigenvalue weighted by Crippen LogP contribution is 2.30. The first-order chi connectivity index (χ1) is 17.7. The van der Waals surface area contributed by atoms with Gasteiger partial charge in [-0.15, -0.1) is 0 Å². The number of amides is 2. The molecule has 0 saturated carbocycles. The number of rotatable bonds is 6. The summed E-state index contributed by atoms with van der Waals surface area (Å²) in [7, 11) is 0. The molecule has 4 rings (SSSR count). The van der Waals surface area contributed by atoms with E-state index in [9.17, 15) is 22.8 Å². The predicted octanol–water partition coefficient (Wildman–Crippen LogP) is 5.92. The van der Waals surface area contributed by atoms with Gasteiger partial charge in [0.25, 0.3) is 0 Å². The third-order valence-corrected chi connectivity index (χ3v) is 5.53. The van der Waals surface area contributed by atoms with Gasteiger partial charge in [-0.2, -0.15) is 18.3 Å². The minimum absolute atomic E-state index is 0.158. The Kier molecular flexibility index (Phi) is 7.52. The number of nitrogens with zero attached hydrogens (tertiary/aromatic N) is 1. The van der Waals surface area contributed by atoms with Crippen LogP contribution in [0.5, 0.6) is 5.75 Å². The maximum absolute atomic E-state index is 12.8. The van der Waals surface area contributed by atoms with Crippen molar-refractivity contribution in [3.05, 3.63) is 108 Å². The molecule has 0 saturated heterocycles. The number of carbonyl (C=O) groups excluding carboxylic acids is 2. The monoisotopic (exact) mass is 505 g/mol. The van der Waals surface area contributed by atoms with Gasteiger partial charge in [-0.1, -0.05) is 48.5 Å². The molecule has 4 aromatic carbocycles. The lowest BCUT2D eigenvalue weighted by atomic mass is 10.1. The molecule has 4 aromatic rings. The van der Waals surface area contributed by atoms with Gasteiger partial charge in [0, 0.05) is 5.69 Å². The molecule has 9 heteroatoms. The molecule has 0 aliphatic carbocycles. The van der Waals surface area contributed by atoms with Gasteiger partial charge in [0.1, 0.15) is 12.4 Å². The van der Waals surface area contributed by atoms with Gasteiger partial charge < -0.3 is 10.1 Å². The van der Waals surface area contributed by atoms with E-state index in [0.29, 0.717) is 23.6 Å². The Bertz CT molecular complexity index is 1460. The van der Waals surface area contributed by atoms with Crippen LogP contribution >= 0.6 is 0 Å². The van der Waals surface area contributed by atoms with Crippen LogP contribution in [0.3, 0.4) is 0 Å². The largest absolute Gasteiger partial charge is 0.489 e. The molecule has 0 radical (unpaired) electrons. The summed E-state index contributed by atoms with van der Waals surface area (Å²) in [5.41, 5.74) is 3.16. The highest BCUT2D eigenvalue weighted by atomic mass is 19.4. The van der Waals surface area contributed by atoms with Crippen molar-refractivity contribution in [1.82, 2.24) is 5.43 Å². The topological polar surface area (TPSA) is 79.8 Å². The second-order valence-electron chi connectivity index (χ2n) is 8.12. The zero-order chi connectivity index (χ0) is 26.4. The fraction of sp³-hybridized carbons (Fsp3) is 0.107. The van der Waals surface area contributed by atoms with Gasteiger partial charge in [0.2, 0.25) is 0 Å². The van der Waals surface area contributed by atoms with Crippen molar-refractivity contribution in [3.63, 3.8) is 0 Å². The third-order valence-electron chi connectivity index (χ3n) is 5.53. The second kappa shape index (κ2) is 10.9. The number of hydrogen-bond donors (Lipinski definition) is 2. The summed E-state index contributed by atoms with van der Waals surface area (Å²) < 4.78 is 44.4. The zero-order valence-corrected chi connectivity index (χ0v) is 19.7. The maximum atomic E-state index is 12.8.